The number of alkyl halides is 2. The van der Waals surface area contributed by atoms with Crippen LogP contribution in [0.3, 0.4) is 0 Å². The van der Waals surface area contributed by atoms with E-state index in [1.165, 1.54) is 29.4 Å². The van der Waals surface area contributed by atoms with Crippen LogP contribution in [0.2, 0.25) is 0 Å². The van der Waals surface area contributed by atoms with Crippen LogP contribution in [0.4, 0.5) is 23.5 Å². The van der Waals surface area contributed by atoms with Crippen LogP contribution in [0.15, 0.2) is 43.0 Å². The lowest BCUT2D eigenvalue weighted by Crippen LogP contribution is -2.42. The number of anilines is 1. The summed E-state index contributed by atoms with van der Waals surface area (Å²) in [5.74, 6) is -5.93. The number of aromatic nitrogens is 4. The van der Waals surface area contributed by atoms with Gasteiger partial charge in [-0.3, -0.25) is 4.79 Å². The zero-order chi connectivity index (χ0) is 24.2. The first-order valence-corrected chi connectivity index (χ1v) is 10.1. The van der Waals surface area contributed by atoms with E-state index < -0.39 is 29.5 Å². The Balaban J connectivity index is 1.81. The van der Waals surface area contributed by atoms with Gasteiger partial charge in [-0.05, 0) is 32.0 Å². The van der Waals surface area contributed by atoms with Gasteiger partial charge in [0.15, 0.2) is 17.5 Å². The summed E-state index contributed by atoms with van der Waals surface area (Å²) < 4.78 is 55.2. The Hall–Kier alpha value is -3.63. The molecule has 3 rings (SSSR count). The summed E-state index contributed by atoms with van der Waals surface area (Å²) in [5, 5.41) is 2.89. The van der Waals surface area contributed by atoms with Crippen molar-refractivity contribution in [3.8, 4) is 11.4 Å². The Morgan fingerprint density at radius 3 is 2.33 bits per heavy atom. The van der Waals surface area contributed by atoms with Crippen LogP contribution in [-0.4, -0.2) is 49.9 Å². The van der Waals surface area contributed by atoms with Crippen LogP contribution in [0.1, 0.15) is 36.7 Å². The van der Waals surface area contributed by atoms with Gasteiger partial charge >= 0.3 is 0 Å². The number of hydrogen-bond acceptors (Lipinski definition) is 6. The molecule has 1 aromatic carbocycles. The number of benzene rings is 1. The molecule has 1 amide bonds. The molecule has 0 aliphatic rings. The van der Waals surface area contributed by atoms with Crippen LogP contribution >= 0.6 is 0 Å². The highest BCUT2D eigenvalue weighted by atomic mass is 19.3. The first-order chi connectivity index (χ1) is 15.6. The number of rotatable bonds is 8. The summed E-state index contributed by atoms with van der Waals surface area (Å²) in [6, 6.07) is 3.16. The van der Waals surface area contributed by atoms with E-state index in [0.29, 0.717) is 0 Å². The van der Waals surface area contributed by atoms with Gasteiger partial charge in [0.2, 0.25) is 5.95 Å². The van der Waals surface area contributed by atoms with Gasteiger partial charge in [0, 0.05) is 50.8 Å². The maximum atomic E-state index is 14.7. The second-order valence-electron chi connectivity index (χ2n) is 7.36. The lowest BCUT2D eigenvalue weighted by molar-refractivity contribution is 0.0167. The molecule has 11 heteroatoms. The number of halogens is 4. The molecule has 0 radical (unpaired) electrons. The molecule has 1 atom stereocenters. The predicted octanol–water partition coefficient (Wildman–Crippen LogP) is 4.29. The molecule has 0 fully saturated rings. The highest BCUT2D eigenvalue weighted by molar-refractivity contribution is 6.00. The smallest absolute Gasteiger partial charge is 0.273 e. The fourth-order valence-electron chi connectivity index (χ4n) is 3.18. The van der Waals surface area contributed by atoms with Gasteiger partial charge in [0.1, 0.15) is 0 Å². The molecule has 0 bridgehead atoms. The first-order valence-electron chi connectivity index (χ1n) is 10.1. The lowest BCUT2D eigenvalue weighted by Gasteiger charge is -2.29. The minimum atomic E-state index is -3.05. The SMILES string of the molecule is CCN(C(=O)c1ccc(F)c(F)c1-c1ncccn1)[C@@H](C)CNc1ncc(C(C)(F)F)cn1. The summed E-state index contributed by atoms with van der Waals surface area (Å²) >= 11 is 0. The number of nitrogens with one attached hydrogen (secondary N) is 1. The van der Waals surface area contributed by atoms with Crippen LogP contribution in [0.5, 0.6) is 0 Å². The summed E-state index contributed by atoms with van der Waals surface area (Å²) in [7, 11) is 0. The zero-order valence-corrected chi connectivity index (χ0v) is 18.2. The monoisotopic (exact) mass is 462 g/mol. The molecular formula is C22H22F4N6O. The number of hydrogen-bond donors (Lipinski definition) is 1. The Morgan fingerprint density at radius 2 is 1.76 bits per heavy atom. The molecule has 3 aromatic rings. The molecule has 0 aliphatic heterocycles. The van der Waals surface area contributed by atoms with Crippen molar-refractivity contribution in [1.82, 2.24) is 24.8 Å². The molecule has 0 saturated carbocycles. The van der Waals surface area contributed by atoms with Crippen molar-refractivity contribution < 1.29 is 22.4 Å². The molecular weight excluding hydrogens is 440 g/mol. The maximum Gasteiger partial charge on any atom is 0.273 e. The largest absolute Gasteiger partial charge is 0.352 e. The van der Waals surface area contributed by atoms with E-state index >= 15 is 0 Å². The van der Waals surface area contributed by atoms with Gasteiger partial charge in [0.25, 0.3) is 11.8 Å². The van der Waals surface area contributed by atoms with Crippen molar-refractivity contribution >= 4 is 11.9 Å². The molecule has 2 aromatic heterocycles. The lowest BCUT2D eigenvalue weighted by atomic mass is 10.0. The maximum absolute atomic E-state index is 14.7. The van der Waals surface area contributed by atoms with Crippen molar-refractivity contribution in [2.75, 3.05) is 18.4 Å². The van der Waals surface area contributed by atoms with Crippen molar-refractivity contribution in [2.24, 2.45) is 0 Å². The number of carbonyl (C=O) groups excluding carboxylic acids is 1. The normalized spacial score (nSPS) is 12.3. The average Bonchev–Trinajstić information content (AvgIpc) is 2.80. The third-order valence-electron chi connectivity index (χ3n) is 4.96. The topological polar surface area (TPSA) is 83.9 Å². The van der Waals surface area contributed by atoms with Gasteiger partial charge in [-0.15, -0.1) is 0 Å². The molecule has 33 heavy (non-hydrogen) atoms. The average molecular weight is 462 g/mol. The Kier molecular flexibility index (Phi) is 7.19. The van der Waals surface area contributed by atoms with E-state index in [2.05, 4.69) is 25.3 Å². The fourth-order valence-corrected chi connectivity index (χ4v) is 3.18. The Morgan fingerprint density at radius 1 is 1.12 bits per heavy atom. The summed E-state index contributed by atoms with van der Waals surface area (Å²) in [6.45, 7) is 4.67. The van der Waals surface area contributed by atoms with E-state index in [4.69, 9.17) is 0 Å². The predicted molar refractivity (Wildman–Crippen MR) is 114 cm³/mol. The number of amides is 1. The number of nitrogens with zero attached hydrogens (tertiary/aromatic N) is 5. The van der Waals surface area contributed by atoms with Gasteiger partial charge in [-0.25, -0.2) is 37.5 Å². The second-order valence-corrected chi connectivity index (χ2v) is 7.36. The van der Waals surface area contributed by atoms with E-state index in [-0.39, 0.29) is 41.6 Å². The molecule has 7 nitrogen and oxygen atoms in total. The molecule has 1 N–H and O–H groups in total. The van der Waals surface area contributed by atoms with Crippen LogP contribution in [0.25, 0.3) is 11.4 Å². The first kappa shape index (κ1) is 24.0. The van der Waals surface area contributed by atoms with E-state index in [0.717, 1.165) is 25.4 Å². The van der Waals surface area contributed by atoms with Gasteiger partial charge in [-0.2, -0.15) is 0 Å². The van der Waals surface area contributed by atoms with Crippen LogP contribution in [0, 0.1) is 11.6 Å². The number of likely N-dealkylation sites (N-methyl/N-ethyl adjacent to an activating group) is 1. The van der Waals surface area contributed by atoms with Crippen molar-refractivity contribution in [3.63, 3.8) is 0 Å². The third-order valence-corrected chi connectivity index (χ3v) is 4.96. The Bertz CT molecular complexity index is 1110. The highest BCUT2D eigenvalue weighted by Crippen LogP contribution is 2.28. The molecule has 0 unspecified atom stereocenters. The summed E-state index contributed by atoms with van der Waals surface area (Å²) in [4.78, 5) is 30.4. The van der Waals surface area contributed by atoms with Crippen LogP contribution in [-0.2, 0) is 5.92 Å². The van der Waals surface area contributed by atoms with Crippen molar-refractivity contribution in [2.45, 2.75) is 32.7 Å². The van der Waals surface area contributed by atoms with E-state index in [1.807, 2.05) is 0 Å². The summed E-state index contributed by atoms with van der Waals surface area (Å²) in [6.07, 6.45) is 4.78. The molecule has 0 saturated heterocycles. The van der Waals surface area contributed by atoms with E-state index in [1.54, 1.807) is 13.8 Å². The molecule has 174 valence electrons. The zero-order valence-electron chi connectivity index (χ0n) is 18.2. The fraction of sp³-hybridized carbons (Fsp3) is 0.318. The van der Waals surface area contributed by atoms with Crippen LogP contribution < -0.4 is 5.32 Å². The molecule has 0 spiro atoms. The van der Waals surface area contributed by atoms with Crippen molar-refractivity contribution in [1.29, 1.82) is 0 Å². The van der Waals surface area contributed by atoms with Gasteiger partial charge < -0.3 is 10.2 Å². The highest BCUT2D eigenvalue weighted by Gasteiger charge is 2.28. The van der Waals surface area contributed by atoms with Gasteiger partial charge in [0.05, 0.1) is 16.7 Å². The third kappa shape index (κ3) is 5.41. The van der Waals surface area contributed by atoms with E-state index in [9.17, 15) is 22.4 Å². The molecule has 0 aliphatic carbocycles. The number of carbonyl (C=O) groups is 1. The quantitative estimate of drug-likeness (QED) is 0.503. The minimum Gasteiger partial charge on any atom is -0.352 e. The minimum absolute atomic E-state index is 0.0837. The van der Waals surface area contributed by atoms with Gasteiger partial charge in [-0.1, -0.05) is 0 Å². The second kappa shape index (κ2) is 9.88. The Labute approximate surface area is 187 Å². The molecule has 2 heterocycles. The van der Waals surface area contributed by atoms with Crippen molar-refractivity contribution in [3.05, 3.63) is 65.7 Å². The summed E-state index contributed by atoms with van der Waals surface area (Å²) in [5.41, 5.74) is -0.723. The standard InChI is InChI=1S/C22H22F4N6O/c1-4-32(13(2)10-29-21-30-11-14(12-31-21)22(3,25)26)20(33)15-6-7-16(23)18(24)17(15)19-27-8-5-9-28-19/h5-9,11-13H,4,10H2,1-3H3,(H,29,30,31)/t13-/m0/s1.